The molecule has 3 aromatic rings. The van der Waals surface area contributed by atoms with Crippen molar-refractivity contribution in [2.75, 3.05) is 0 Å². The Morgan fingerprint density at radius 3 is 0.771 bits per heavy atom. The van der Waals surface area contributed by atoms with E-state index in [9.17, 15) is 28.8 Å². The molecule has 0 atom stereocenters. The van der Waals surface area contributed by atoms with E-state index in [1.165, 1.54) is 0 Å². The molecule has 0 aliphatic rings. The van der Waals surface area contributed by atoms with Crippen LogP contribution in [-0.4, -0.2) is 96.4 Å². The van der Waals surface area contributed by atoms with Crippen LogP contribution in [0.2, 0.25) is 0 Å². The zero-order valence-corrected chi connectivity index (χ0v) is 23.0. The summed E-state index contributed by atoms with van der Waals surface area (Å²) >= 11 is 0. The van der Waals surface area contributed by atoms with E-state index in [1.54, 1.807) is 0 Å². The van der Waals surface area contributed by atoms with Gasteiger partial charge < -0.3 is 45.6 Å². The van der Waals surface area contributed by atoms with Gasteiger partial charge in [-0.25, -0.2) is 43.7 Å². The molecule has 0 bridgehead atoms. The zero-order valence-electron chi connectivity index (χ0n) is 16.7. The Morgan fingerprint density at radius 2 is 0.657 bits per heavy atom. The molecule has 3 rings (SSSR count). The van der Waals surface area contributed by atoms with Crippen LogP contribution in [0.25, 0.3) is 0 Å². The predicted octanol–water partition coefficient (Wildman–Crippen LogP) is -0.582. The zero-order chi connectivity index (χ0) is 25.3. The molecule has 0 saturated heterocycles. The summed E-state index contributed by atoms with van der Waals surface area (Å²) in [6.45, 7) is 0. The van der Waals surface area contributed by atoms with Crippen molar-refractivity contribution in [3.63, 3.8) is 0 Å². The van der Waals surface area contributed by atoms with E-state index in [4.69, 9.17) is 30.6 Å². The van der Waals surface area contributed by atoms with E-state index in [0.29, 0.717) is 0 Å². The number of carboxylic acids is 6. The molecule has 35 heavy (non-hydrogen) atoms. The monoisotopic (exact) mass is 748 g/mol. The normalized spacial score (nSPS) is 8.91. The third kappa shape index (κ3) is 10.2. The molecule has 182 valence electrons. The van der Waals surface area contributed by atoms with Gasteiger partial charge >= 0.3 is 35.8 Å². The van der Waals surface area contributed by atoms with E-state index in [-0.39, 0.29) is 83.5 Å². The van der Waals surface area contributed by atoms with Crippen LogP contribution in [0.3, 0.4) is 0 Å². The fourth-order valence-corrected chi connectivity index (χ4v) is 1.86. The summed E-state index contributed by atoms with van der Waals surface area (Å²) < 4.78 is 0. The first kappa shape index (κ1) is 34.4. The molecule has 0 aromatic carbocycles. The quantitative estimate of drug-likeness (QED) is 0.152. The summed E-state index contributed by atoms with van der Waals surface area (Å²) in [6.07, 6.45) is 3.06. The molecular weight excluding hydrogens is 736 g/mol. The van der Waals surface area contributed by atoms with Crippen LogP contribution in [0.5, 0.6) is 0 Å². The van der Waals surface area contributed by atoms with Crippen molar-refractivity contribution in [3.8, 4) is 0 Å². The molecule has 3 aromatic heterocycles. The van der Waals surface area contributed by atoms with Crippen LogP contribution in [-0.2, 0) is 0 Å². The molecule has 0 aliphatic carbocycles. The number of carboxylic acid groups (broad SMARTS) is 6. The molecule has 0 spiro atoms. The van der Waals surface area contributed by atoms with Crippen molar-refractivity contribution in [2.24, 2.45) is 0 Å². The van der Waals surface area contributed by atoms with Crippen LogP contribution in [0, 0.1) is 83.5 Å². The number of aromatic amines is 3. The van der Waals surface area contributed by atoms with Crippen molar-refractivity contribution in [3.05, 3.63) is 53.1 Å². The summed E-state index contributed by atoms with van der Waals surface area (Å²) in [7, 11) is 0. The fourth-order valence-electron chi connectivity index (χ4n) is 1.86. The first-order valence-corrected chi connectivity index (χ1v) is 7.88. The number of nitrogens with one attached hydrogen (secondary N) is 3. The molecule has 18 nitrogen and oxygen atoms in total. The van der Waals surface area contributed by atoms with Crippen LogP contribution >= 0.6 is 0 Å². The number of aromatic carboxylic acids is 6. The van der Waals surface area contributed by atoms with Crippen molar-refractivity contribution in [2.45, 2.75) is 0 Å². The number of hydrogen-bond donors (Lipinski definition) is 9. The maximum Gasteiger partial charge on any atom is 0.357 e. The van der Waals surface area contributed by atoms with Gasteiger partial charge in [0.2, 0.25) is 0 Å². The van der Waals surface area contributed by atoms with Gasteiger partial charge in [0.05, 0.1) is 19.0 Å². The number of rotatable bonds is 6. The van der Waals surface area contributed by atoms with Crippen LogP contribution in [0.4, 0.5) is 0 Å². The second-order valence-electron chi connectivity index (χ2n) is 5.21. The van der Waals surface area contributed by atoms with Gasteiger partial charge in [-0.1, -0.05) is 0 Å². The van der Waals surface area contributed by atoms with Crippen LogP contribution in [0.15, 0.2) is 19.0 Å². The third-order valence-corrected chi connectivity index (χ3v) is 3.17. The predicted molar refractivity (Wildman–Crippen MR) is 97.5 cm³/mol. The SMILES string of the molecule is O=C(O)c1nc[nH]c1C(=O)O.O=C(O)c1nc[nH]c1C(=O)O.O=C(O)c1nc[nH]c1C(=O)O.[Ce].[Ce]. The second-order valence-corrected chi connectivity index (χ2v) is 5.21. The van der Waals surface area contributed by atoms with E-state index >= 15 is 0 Å². The van der Waals surface area contributed by atoms with Crippen molar-refractivity contribution >= 4 is 35.8 Å². The summed E-state index contributed by atoms with van der Waals surface area (Å²) in [6, 6.07) is 0. The Morgan fingerprint density at radius 1 is 0.457 bits per heavy atom. The molecule has 0 unspecified atom stereocenters. The van der Waals surface area contributed by atoms with E-state index < -0.39 is 70.0 Å². The number of nitrogens with zero attached hydrogens (tertiary/aromatic N) is 3. The Kier molecular flexibility index (Phi) is 15.7. The fraction of sp³-hybridized carbons (Fsp3) is 0. The van der Waals surface area contributed by atoms with Gasteiger partial charge in [-0.15, -0.1) is 0 Å². The average molecular weight is 749 g/mol. The summed E-state index contributed by atoms with van der Waals surface area (Å²) in [5, 5.41) is 50.2. The topological polar surface area (TPSA) is 310 Å². The average Bonchev–Trinajstić information content (AvgIpc) is 3.48. The molecule has 0 amide bonds. The Balaban J connectivity index is 0. The van der Waals surface area contributed by atoms with E-state index in [2.05, 4.69) is 29.9 Å². The van der Waals surface area contributed by atoms with Gasteiger partial charge in [-0.05, 0) is 0 Å². The molecule has 0 radical (unpaired) electrons. The van der Waals surface area contributed by atoms with Gasteiger partial charge in [-0.2, -0.15) is 0 Å². The first-order valence-electron chi connectivity index (χ1n) is 7.88. The number of carbonyl (C=O) groups is 6. The minimum atomic E-state index is -1.36. The van der Waals surface area contributed by atoms with Gasteiger partial charge in [0.25, 0.3) is 0 Å². The minimum Gasteiger partial charge on any atom is -0.477 e. The Labute approximate surface area is 259 Å². The number of aromatic nitrogens is 6. The molecule has 0 saturated carbocycles. The summed E-state index contributed by atoms with van der Waals surface area (Å²) in [5.41, 5.74) is -2.64. The van der Waals surface area contributed by atoms with Crippen molar-refractivity contribution in [1.29, 1.82) is 0 Å². The molecule has 0 aliphatic heterocycles. The number of H-pyrrole nitrogens is 3. The second kappa shape index (κ2) is 16.0. The largest absolute Gasteiger partial charge is 0.477 e. The van der Waals surface area contributed by atoms with Crippen LogP contribution < -0.4 is 0 Å². The molecule has 3 heterocycles. The summed E-state index contributed by atoms with van der Waals surface area (Å²) in [5.74, 6) is -8.07. The standard InChI is InChI=1S/3C5H4N2O4.2Ce/c3*8-4(9)2-3(5(10)11)7-1-6-2;;/h3*1H,(H,6,7)(H,8,9)(H,10,11);;. The maximum atomic E-state index is 10.3. The van der Waals surface area contributed by atoms with Gasteiger partial charge in [0, 0.05) is 83.5 Å². The molecular formula is C15H12Ce2N6O12. The summed E-state index contributed by atoms with van der Waals surface area (Å²) in [4.78, 5) is 78.0. The van der Waals surface area contributed by atoms with Crippen molar-refractivity contribution in [1.82, 2.24) is 29.9 Å². The third-order valence-electron chi connectivity index (χ3n) is 3.17. The minimum absolute atomic E-state index is 0. The van der Waals surface area contributed by atoms with Gasteiger partial charge in [0.1, 0.15) is 0 Å². The van der Waals surface area contributed by atoms with Crippen LogP contribution in [0.1, 0.15) is 62.9 Å². The van der Waals surface area contributed by atoms with E-state index in [0.717, 1.165) is 19.0 Å². The molecule has 20 heteroatoms. The first-order chi connectivity index (χ1) is 15.4. The smallest absolute Gasteiger partial charge is 0.357 e. The van der Waals surface area contributed by atoms with Crippen molar-refractivity contribution < 1.29 is 143 Å². The molecule has 0 fully saturated rings. The number of hydrogen-bond acceptors (Lipinski definition) is 9. The van der Waals surface area contributed by atoms with E-state index in [1.807, 2.05) is 0 Å². The van der Waals surface area contributed by atoms with Gasteiger partial charge in [0.15, 0.2) is 34.2 Å². The van der Waals surface area contributed by atoms with Gasteiger partial charge in [-0.3, -0.25) is 0 Å². The Hall–Kier alpha value is -2.80. The number of imidazole rings is 3. The molecule has 9 N–H and O–H groups in total. The maximum absolute atomic E-state index is 10.3. The Bertz CT molecular complexity index is 983.